The number of carbonyl (C=O) groups is 1. The maximum atomic E-state index is 12.3. The Balaban J connectivity index is 1.69. The van der Waals surface area contributed by atoms with E-state index in [4.69, 9.17) is 23.2 Å². The van der Waals surface area contributed by atoms with E-state index in [9.17, 15) is 4.79 Å². The van der Waals surface area contributed by atoms with E-state index in [-0.39, 0.29) is 5.91 Å². The number of nitrogens with zero attached hydrogens (tertiary/aromatic N) is 1. The number of rotatable bonds is 3. The second-order valence-corrected chi connectivity index (χ2v) is 6.52. The van der Waals surface area contributed by atoms with Gasteiger partial charge in [0.1, 0.15) is 0 Å². The molecule has 1 fully saturated rings. The van der Waals surface area contributed by atoms with Crippen LogP contribution in [0.4, 0.5) is 11.4 Å². The number of carbonyl (C=O) groups excluding carboxylic acids is 1. The Morgan fingerprint density at radius 3 is 2.30 bits per heavy atom. The Morgan fingerprint density at radius 2 is 1.65 bits per heavy atom. The molecule has 5 heteroatoms. The minimum absolute atomic E-state index is 0.181. The lowest BCUT2D eigenvalue weighted by atomic mass is 10.1. The van der Waals surface area contributed by atoms with Crippen LogP contribution in [0.1, 0.15) is 29.6 Å². The molecule has 2 aromatic rings. The molecule has 120 valence electrons. The van der Waals surface area contributed by atoms with Gasteiger partial charge in [-0.1, -0.05) is 23.2 Å². The number of hydrogen-bond acceptors (Lipinski definition) is 2. The van der Waals surface area contributed by atoms with E-state index < -0.39 is 0 Å². The number of halogens is 2. The summed E-state index contributed by atoms with van der Waals surface area (Å²) in [5.41, 5.74) is 2.34. The molecule has 0 bridgehead atoms. The van der Waals surface area contributed by atoms with E-state index in [1.165, 1.54) is 24.9 Å². The third kappa shape index (κ3) is 3.98. The molecule has 0 saturated carbocycles. The van der Waals surface area contributed by atoms with Crippen molar-refractivity contribution >= 4 is 40.5 Å². The van der Waals surface area contributed by atoms with Crippen molar-refractivity contribution in [2.24, 2.45) is 0 Å². The van der Waals surface area contributed by atoms with Crippen LogP contribution in [0.5, 0.6) is 0 Å². The summed E-state index contributed by atoms with van der Waals surface area (Å²) in [6.07, 6.45) is 3.77. The summed E-state index contributed by atoms with van der Waals surface area (Å²) < 4.78 is 0. The summed E-state index contributed by atoms with van der Waals surface area (Å²) in [7, 11) is 0. The molecule has 1 aliphatic rings. The van der Waals surface area contributed by atoms with Gasteiger partial charge in [0.05, 0.1) is 10.7 Å². The molecule has 3 rings (SSSR count). The second kappa shape index (κ2) is 7.24. The minimum atomic E-state index is -0.181. The van der Waals surface area contributed by atoms with Crippen LogP contribution in [-0.2, 0) is 0 Å². The average molecular weight is 349 g/mol. The predicted molar refractivity (Wildman–Crippen MR) is 96.9 cm³/mol. The fourth-order valence-corrected chi connectivity index (χ4v) is 3.22. The number of amides is 1. The number of hydrogen-bond donors (Lipinski definition) is 1. The van der Waals surface area contributed by atoms with Crippen LogP contribution >= 0.6 is 23.2 Å². The number of nitrogens with one attached hydrogen (secondary N) is 1. The largest absolute Gasteiger partial charge is 0.372 e. The van der Waals surface area contributed by atoms with Gasteiger partial charge in [-0.15, -0.1) is 0 Å². The van der Waals surface area contributed by atoms with Crippen molar-refractivity contribution in [1.82, 2.24) is 0 Å². The fraction of sp³-hybridized carbons (Fsp3) is 0.278. The lowest BCUT2D eigenvalue weighted by Gasteiger charge is -2.28. The lowest BCUT2D eigenvalue weighted by molar-refractivity contribution is 0.102. The highest BCUT2D eigenvalue weighted by molar-refractivity contribution is 6.36. The summed E-state index contributed by atoms with van der Waals surface area (Å²) in [6, 6.07) is 12.7. The zero-order valence-electron chi connectivity index (χ0n) is 12.7. The first-order valence-corrected chi connectivity index (χ1v) is 8.50. The predicted octanol–water partition coefficient (Wildman–Crippen LogP) is 5.24. The van der Waals surface area contributed by atoms with Crippen molar-refractivity contribution in [2.45, 2.75) is 19.3 Å². The van der Waals surface area contributed by atoms with Gasteiger partial charge in [0.25, 0.3) is 5.91 Å². The quantitative estimate of drug-likeness (QED) is 0.822. The number of piperidine rings is 1. The molecule has 0 unspecified atom stereocenters. The molecule has 3 nitrogen and oxygen atoms in total. The SMILES string of the molecule is O=C(Nc1ccc(Cl)cc1Cl)c1ccc(N2CCCCC2)cc1. The first-order valence-electron chi connectivity index (χ1n) is 7.75. The zero-order chi connectivity index (χ0) is 16.2. The summed E-state index contributed by atoms with van der Waals surface area (Å²) in [5, 5.41) is 3.78. The summed E-state index contributed by atoms with van der Waals surface area (Å²) in [6.45, 7) is 2.18. The van der Waals surface area contributed by atoms with Gasteiger partial charge in [-0.05, 0) is 61.7 Å². The molecule has 1 saturated heterocycles. The Bertz CT molecular complexity index is 695. The molecule has 1 heterocycles. The van der Waals surface area contributed by atoms with Crippen molar-refractivity contribution in [2.75, 3.05) is 23.3 Å². The molecule has 0 aliphatic carbocycles. The van der Waals surface area contributed by atoms with Crippen molar-refractivity contribution in [3.8, 4) is 0 Å². The highest BCUT2D eigenvalue weighted by Crippen LogP contribution is 2.26. The Hall–Kier alpha value is -1.71. The minimum Gasteiger partial charge on any atom is -0.372 e. The molecule has 2 aromatic carbocycles. The number of benzene rings is 2. The van der Waals surface area contributed by atoms with Crippen molar-refractivity contribution in [1.29, 1.82) is 0 Å². The van der Waals surface area contributed by atoms with E-state index in [1.54, 1.807) is 18.2 Å². The van der Waals surface area contributed by atoms with E-state index in [0.29, 0.717) is 21.3 Å². The summed E-state index contributed by atoms with van der Waals surface area (Å²) in [5.74, 6) is -0.181. The van der Waals surface area contributed by atoms with Crippen LogP contribution in [0.2, 0.25) is 10.0 Å². The lowest BCUT2D eigenvalue weighted by Crippen LogP contribution is -2.29. The molecular formula is C18H18Cl2N2O. The first-order chi connectivity index (χ1) is 11.1. The van der Waals surface area contributed by atoms with Crippen molar-refractivity contribution < 1.29 is 4.79 Å². The van der Waals surface area contributed by atoms with E-state index in [1.807, 2.05) is 24.3 Å². The molecule has 0 radical (unpaired) electrons. The van der Waals surface area contributed by atoms with Gasteiger partial charge in [-0.25, -0.2) is 0 Å². The van der Waals surface area contributed by atoms with Gasteiger partial charge in [-0.2, -0.15) is 0 Å². The molecule has 0 atom stereocenters. The molecule has 0 spiro atoms. The highest BCUT2D eigenvalue weighted by atomic mass is 35.5. The van der Waals surface area contributed by atoms with Gasteiger partial charge in [0, 0.05) is 29.4 Å². The van der Waals surface area contributed by atoms with Gasteiger partial charge >= 0.3 is 0 Å². The highest BCUT2D eigenvalue weighted by Gasteiger charge is 2.13. The molecule has 1 N–H and O–H groups in total. The van der Waals surface area contributed by atoms with E-state index in [2.05, 4.69) is 10.2 Å². The third-order valence-electron chi connectivity index (χ3n) is 4.03. The standard InChI is InChI=1S/C18H18Cl2N2O/c19-14-6-9-17(16(20)12-14)21-18(23)13-4-7-15(8-5-13)22-10-2-1-3-11-22/h4-9,12H,1-3,10-11H2,(H,21,23). The molecule has 1 aliphatic heterocycles. The third-order valence-corrected chi connectivity index (χ3v) is 4.58. The summed E-state index contributed by atoms with van der Waals surface area (Å²) >= 11 is 11.9. The van der Waals surface area contributed by atoms with Crippen LogP contribution in [-0.4, -0.2) is 19.0 Å². The van der Waals surface area contributed by atoms with Gasteiger partial charge in [0.15, 0.2) is 0 Å². The first kappa shape index (κ1) is 16.2. The molecule has 0 aromatic heterocycles. The van der Waals surface area contributed by atoms with Gasteiger partial charge < -0.3 is 10.2 Å². The van der Waals surface area contributed by atoms with Crippen LogP contribution in [0, 0.1) is 0 Å². The maximum absolute atomic E-state index is 12.3. The molecular weight excluding hydrogens is 331 g/mol. The van der Waals surface area contributed by atoms with Crippen molar-refractivity contribution in [3.05, 3.63) is 58.1 Å². The Kier molecular flexibility index (Phi) is 5.09. The van der Waals surface area contributed by atoms with Crippen LogP contribution < -0.4 is 10.2 Å². The number of anilines is 2. The zero-order valence-corrected chi connectivity index (χ0v) is 14.2. The van der Waals surface area contributed by atoms with E-state index >= 15 is 0 Å². The monoisotopic (exact) mass is 348 g/mol. The van der Waals surface area contributed by atoms with Gasteiger partial charge in [0.2, 0.25) is 0 Å². The topological polar surface area (TPSA) is 32.3 Å². The maximum Gasteiger partial charge on any atom is 0.255 e. The van der Waals surface area contributed by atoms with Gasteiger partial charge in [-0.3, -0.25) is 4.79 Å². The normalized spacial score (nSPS) is 14.6. The average Bonchev–Trinajstić information content (AvgIpc) is 2.58. The Labute approximate surface area is 146 Å². The smallest absolute Gasteiger partial charge is 0.255 e. The molecule has 1 amide bonds. The van der Waals surface area contributed by atoms with Crippen LogP contribution in [0.3, 0.4) is 0 Å². The van der Waals surface area contributed by atoms with E-state index in [0.717, 1.165) is 13.1 Å². The fourth-order valence-electron chi connectivity index (χ4n) is 2.76. The summed E-state index contributed by atoms with van der Waals surface area (Å²) in [4.78, 5) is 14.7. The molecule has 23 heavy (non-hydrogen) atoms. The van der Waals surface area contributed by atoms with Crippen LogP contribution in [0.25, 0.3) is 0 Å². The van der Waals surface area contributed by atoms with Crippen LogP contribution in [0.15, 0.2) is 42.5 Å². The Morgan fingerprint density at radius 1 is 0.957 bits per heavy atom. The van der Waals surface area contributed by atoms with Crippen molar-refractivity contribution in [3.63, 3.8) is 0 Å². The second-order valence-electron chi connectivity index (χ2n) is 5.67.